The Hall–Kier alpha value is -2.83. The van der Waals surface area contributed by atoms with Gasteiger partial charge in [-0.05, 0) is 60.6 Å². The van der Waals surface area contributed by atoms with Crippen molar-refractivity contribution in [1.29, 1.82) is 0 Å². The van der Waals surface area contributed by atoms with Crippen molar-refractivity contribution < 1.29 is 22.8 Å². The number of hydrogen-bond donors (Lipinski definition) is 2. The Morgan fingerprint density at radius 1 is 1.14 bits per heavy atom. The molecule has 1 fully saturated rings. The molecule has 2 atom stereocenters. The van der Waals surface area contributed by atoms with E-state index < -0.39 is 23.1 Å². The van der Waals surface area contributed by atoms with E-state index in [9.17, 15) is 22.8 Å². The number of amides is 2. The zero-order valence-corrected chi connectivity index (χ0v) is 15.7. The molecule has 29 heavy (non-hydrogen) atoms. The van der Waals surface area contributed by atoms with Gasteiger partial charge in [0.05, 0.1) is 11.0 Å². The van der Waals surface area contributed by atoms with E-state index in [0.29, 0.717) is 37.8 Å². The van der Waals surface area contributed by atoms with Crippen LogP contribution < -0.4 is 11.1 Å². The van der Waals surface area contributed by atoms with E-state index in [1.165, 1.54) is 12.1 Å². The molecule has 7 heteroatoms. The van der Waals surface area contributed by atoms with E-state index in [2.05, 4.69) is 5.32 Å². The Balaban J connectivity index is 1.77. The lowest BCUT2D eigenvalue weighted by molar-refractivity contribution is -0.137. The van der Waals surface area contributed by atoms with Gasteiger partial charge in [-0.25, -0.2) is 0 Å². The third-order valence-electron chi connectivity index (χ3n) is 6.37. The Labute approximate surface area is 166 Å². The highest BCUT2D eigenvalue weighted by atomic mass is 19.4. The number of fused-ring (bicyclic) bond motifs is 1. The predicted octanol–water partition coefficient (Wildman–Crippen LogP) is 3.58. The van der Waals surface area contributed by atoms with Crippen molar-refractivity contribution in [1.82, 2.24) is 5.32 Å². The fourth-order valence-corrected chi connectivity index (χ4v) is 4.89. The summed E-state index contributed by atoms with van der Waals surface area (Å²) in [4.78, 5) is 24.7. The van der Waals surface area contributed by atoms with Gasteiger partial charge < -0.3 is 11.1 Å². The topological polar surface area (TPSA) is 72.2 Å². The van der Waals surface area contributed by atoms with Crippen molar-refractivity contribution in [2.45, 2.75) is 37.8 Å². The number of rotatable bonds is 3. The Morgan fingerprint density at radius 2 is 1.86 bits per heavy atom. The first kappa shape index (κ1) is 19.5. The highest BCUT2D eigenvalue weighted by Crippen LogP contribution is 2.52. The lowest BCUT2D eigenvalue weighted by Gasteiger charge is -2.41. The maximum atomic E-state index is 12.9. The van der Waals surface area contributed by atoms with Crippen LogP contribution in [0.3, 0.4) is 0 Å². The van der Waals surface area contributed by atoms with Crippen LogP contribution in [0.1, 0.15) is 51.4 Å². The van der Waals surface area contributed by atoms with Crippen molar-refractivity contribution in [3.63, 3.8) is 0 Å². The average Bonchev–Trinajstić information content (AvgIpc) is 3.04. The molecule has 3 N–H and O–H groups in total. The van der Waals surface area contributed by atoms with E-state index in [4.69, 9.17) is 5.73 Å². The minimum atomic E-state index is -4.39. The molecule has 2 aromatic carbocycles. The number of halogens is 3. The Morgan fingerprint density at radius 3 is 2.45 bits per heavy atom. The molecule has 4 nitrogen and oxygen atoms in total. The molecular formula is C22H21F3N2O2. The van der Waals surface area contributed by atoms with E-state index >= 15 is 0 Å². The first-order valence-electron chi connectivity index (χ1n) is 9.58. The maximum Gasteiger partial charge on any atom is 0.416 e. The first-order chi connectivity index (χ1) is 13.7. The highest BCUT2D eigenvalue weighted by molar-refractivity contribution is 5.95. The largest absolute Gasteiger partial charge is 0.416 e. The molecule has 1 spiro atoms. The number of carbonyl (C=O) groups is 2. The molecule has 2 aromatic rings. The molecule has 4 rings (SSSR count). The molecule has 152 valence electrons. The molecule has 1 aliphatic heterocycles. The number of nitrogens with one attached hydrogen (secondary N) is 1. The zero-order valence-electron chi connectivity index (χ0n) is 15.7. The molecular weight excluding hydrogens is 381 g/mol. The zero-order chi connectivity index (χ0) is 20.8. The van der Waals surface area contributed by atoms with Gasteiger partial charge in [0.1, 0.15) is 0 Å². The quantitative estimate of drug-likeness (QED) is 0.824. The van der Waals surface area contributed by atoms with Gasteiger partial charge in [0.2, 0.25) is 11.8 Å². The average molecular weight is 402 g/mol. The third-order valence-corrected chi connectivity index (χ3v) is 6.37. The Kier molecular flexibility index (Phi) is 4.63. The highest BCUT2D eigenvalue weighted by Gasteiger charge is 2.51. The van der Waals surface area contributed by atoms with Gasteiger partial charge in [0.15, 0.2) is 0 Å². The van der Waals surface area contributed by atoms with Crippen LogP contribution >= 0.6 is 0 Å². The van der Waals surface area contributed by atoms with E-state index in [1.54, 1.807) is 12.1 Å². The van der Waals surface area contributed by atoms with E-state index in [-0.39, 0.29) is 11.8 Å². The minimum absolute atomic E-state index is 0.0236. The minimum Gasteiger partial charge on any atom is -0.366 e. The lowest BCUT2D eigenvalue weighted by Crippen LogP contribution is -2.41. The number of carbonyl (C=O) groups excluding carboxylic acids is 2. The Bertz CT molecular complexity index is 969. The molecule has 2 unspecified atom stereocenters. The summed E-state index contributed by atoms with van der Waals surface area (Å²) < 4.78 is 38.7. The van der Waals surface area contributed by atoms with Gasteiger partial charge >= 0.3 is 6.18 Å². The van der Waals surface area contributed by atoms with Crippen LogP contribution in [0.15, 0.2) is 42.5 Å². The standard InChI is InChI=1S/C22H21F3N2O2/c23-22(24,25)14-6-4-13(5-7-14)12-18-16-2-1-3-17(19(26)28)15(16)8-9-21(18)10-11-27-20(21)29/h1-7,18H,8-12H2,(H2,26,28)(H,27,29). The predicted molar refractivity (Wildman–Crippen MR) is 101 cm³/mol. The number of primary amides is 1. The summed E-state index contributed by atoms with van der Waals surface area (Å²) in [5, 5.41) is 2.91. The molecule has 0 saturated carbocycles. The summed E-state index contributed by atoms with van der Waals surface area (Å²) in [6.07, 6.45) is -2.15. The van der Waals surface area contributed by atoms with Crippen molar-refractivity contribution in [3.05, 3.63) is 70.3 Å². The van der Waals surface area contributed by atoms with Crippen molar-refractivity contribution in [3.8, 4) is 0 Å². The second-order valence-corrected chi connectivity index (χ2v) is 7.85. The van der Waals surface area contributed by atoms with Gasteiger partial charge in [0, 0.05) is 18.0 Å². The summed E-state index contributed by atoms with van der Waals surface area (Å²) in [5.74, 6) is -0.767. The molecule has 0 radical (unpaired) electrons. The van der Waals surface area contributed by atoms with Gasteiger partial charge in [0.25, 0.3) is 0 Å². The van der Waals surface area contributed by atoms with E-state index in [0.717, 1.165) is 28.8 Å². The van der Waals surface area contributed by atoms with Crippen LogP contribution in [0.25, 0.3) is 0 Å². The summed E-state index contributed by atoms with van der Waals surface area (Å²) in [7, 11) is 0. The monoisotopic (exact) mass is 402 g/mol. The summed E-state index contributed by atoms with van der Waals surface area (Å²) in [6.45, 7) is 0.577. The van der Waals surface area contributed by atoms with Gasteiger partial charge in [-0.3, -0.25) is 9.59 Å². The molecule has 2 aliphatic rings. The van der Waals surface area contributed by atoms with Crippen molar-refractivity contribution in [2.75, 3.05) is 6.54 Å². The van der Waals surface area contributed by atoms with Crippen LogP contribution in [0.4, 0.5) is 13.2 Å². The molecule has 1 saturated heterocycles. The third kappa shape index (κ3) is 3.28. The number of alkyl halides is 3. The van der Waals surface area contributed by atoms with Gasteiger partial charge in [-0.2, -0.15) is 13.2 Å². The first-order valence-corrected chi connectivity index (χ1v) is 9.58. The van der Waals surface area contributed by atoms with Crippen LogP contribution in [0, 0.1) is 5.41 Å². The van der Waals surface area contributed by atoms with Crippen LogP contribution in [-0.2, 0) is 23.8 Å². The second kappa shape index (κ2) is 6.90. The molecule has 0 aromatic heterocycles. The number of benzene rings is 2. The van der Waals surface area contributed by atoms with Gasteiger partial charge in [-0.15, -0.1) is 0 Å². The van der Waals surface area contributed by atoms with Crippen molar-refractivity contribution >= 4 is 11.8 Å². The molecule has 0 bridgehead atoms. The SMILES string of the molecule is NC(=O)c1cccc2c1CCC1(CCNC1=O)C2Cc1ccc(C(F)(F)F)cc1. The van der Waals surface area contributed by atoms with Gasteiger partial charge in [-0.1, -0.05) is 24.3 Å². The van der Waals surface area contributed by atoms with Crippen LogP contribution in [-0.4, -0.2) is 18.4 Å². The molecule has 1 aliphatic carbocycles. The van der Waals surface area contributed by atoms with Crippen molar-refractivity contribution in [2.24, 2.45) is 11.1 Å². The van der Waals surface area contributed by atoms with Crippen LogP contribution in [0.5, 0.6) is 0 Å². The normalized spacial score (nSPS) is 23.7. The van der Waals surface area contributed by atoms with Crippen LogP contribution in [0.2, 0.25) is 0 Å². The fourth-order valence-electron chi connectivity index (χ4n) is 4.89. The molecule has 2 amide bonds. The number of hydrogen-bond acceptors (Lipinski definition) is 2. The summed E-state index contributed by atoms with van der Waals surface area (Å²) in [5.41, 5.74) is 7.14. The number of nitrogens with two attached hydrogens (primary N) is 1. The lowest BCUT2D eigenvalue weighted by atomic mass is 9.60. The summed E-state index contributed by atoms with van der Waals surface area (Å²) >= 11 is 0. The molecule has 1 heterocycles. The summed E-state index contributed by atoms with van der Waals surface area (Å²) in [6, 6.07) is 10.4. The fraction of sp³-hybridized carbons (Fsp3) is 0.364. The maximum absolute atomic E-state index is 12.9. The van der Waals surface area contributed by atoms with E-state index in [1.807, 2.05) is 6.07 Å². The second-order valence-electron chi connectivity index (χ2n) is 7.85. The smallest absolute Gasteiger partial charge is 0.366 e.